The molecule has 0 aliphatic rings. The maximum Gasteiger partial charge on any atom is 0.271 e. The number of benzene rings is 2. The molecular formula is C20H20N4O3. The molecule has 7 heteroatoms. The van der Waals surface area contributed by atoms with E-state index in [1.165, 1.54) is 30.5 Å². The molecule has 138 valence electrons. The lowest BCUT2D eigenvalue weighted by Crippen LogP contribution is -2.15. The third-order valence-electron chi connectivity index (χ3n) is 3.97. The van der Waals surface area contributed by atoms with Gasteiger partial charge in [0.2, 0.25) is 0 Å². The van der Waals surface area contributed by atoms with E-state index in [0.29, 0.717) is 0 Å². The Labute approximate surface area is 157 Å². The largest absolute Gasteiger partial charge is 0.360 e. The van der Waals surface area contributed by atoms with Crippen molar-refractivity contribution in [2.75, 3.05) is 10.6 Å². The molecule has 0 unspecified atom stereocenters. The normalized spacial score (nSPS) is 11.0. The highest BCUT2D eigenvalue weighted by Crippen LogP contribution is 2.27. The molecule has 0 aliphatic carbocycles. The van der Waals surface area contributed by atoms with Crippen molar-refractivity contribution in [3.8, 4) is 6.07 Å². The predicted octanol–water partition coefficient (Wildman–Crippen LogP) is 4.48. The van der Waals surface area contributed by atoms with Crippen LogP contribution < -0.4 is 10.6 Å². The van der Waals surface area contributed by atoms with Gasteiger partial charge in [-0.15, -0.1) is 0 Å². The van der Waals surface area contributed by atoms with Gasteiger partial charge in [-0.05, 0) is 30.0 Å². The number of amides is 1. The van der Waals surface area contributed by atoms with Gasteiger partial charge in [-0.2, -0.15) is 5.26 Å². The first-order valence-electron chi connectivity index (χ1n) is 8.35. The SMILES string of the molecule is Cc1cccc(C(C)C)c1N/C=C(/C#N)C(=O)Nc1cccc([N+](=O)[O-])c1. The summed E-state index contributed by atoms with van der Waals surface area (Å²) in [5.74, 6) is -0.379. The molecule has 0 heterocycles. The Hall–Kier alpha value is -3.66. The molecule has 0 atom stereocenters. The van der Waals surface area contributed by atoms with E-state index in [-0.39, 0.29) is 22.9 Å². The molecule has 0 radical (unpaired) electrons. The Morgan fingerprint density at radius 2 is 1.96 bits per heavy atom. The summed E-state index contributed by atoms with van der Waals surface area (Å²) in [6.45, 7) is 6.06. The smallest absolute Gasteiger partial charge is 0.271 e. The van der Waals surface area contributed by atoms with E-state index in [1.807, 2.05) is 31.2 Å². The van der Waals surface area contributed by atoms with Gasteiger partial charge in [0.05, 0.1) is 4.92 Å². The number of para-hydroxylation sites is 1. The maximum atomic E-state index is 12.3. The summed E-state index contributed by atoms with van der Waals surface area (Å²) in [5.41, 5.74) is 2.88. The van der Waals surface area contributed by atoms with Crippen LogP contribution in [0, 0.1) is 28.4 Å². The highest BCUT2D eigenvalue weighted by molar-refractivity contribution is 6.06. The molecule has 1 amide bonds. The van der Waals surface area contributed by atoms with E-state index in [0.717, 1.165) is 16.8 Å². The van der Waals surface area contributed by atoms with Crippen molar-refractivity contribution in [1.29, 1.82) is 5.26 Å². The second kappa shape index (κ2) is 8.63. The maximum absolute atomic E-state index is 12.3. The zero-order chi connectivity index (χ0) is 20.0. The summed E-state index contributed by atoms with van der Waals surface area (Å²) in [7, 11) is 0. The van der Waals surface area contributed by atoms with Crippen molar-refractivity contribution >= 4 is 23.0 Å². The highest BCUT2D eigenvalue weighted by Gasteiger charge is 2.13. The van der Waals surface area contributed by atoms with Gasteiger partial charge < -0.3 is 10.6 Å². The molecule has 27 heavy (non-hydrogen) atoms. The van der Waals surface area contributed by atoms with Crippen LogP contribution in [0.15, 0.2) is 54.2 Å². The molecule has 0 saturated carbocycles. The second-order valence-corrected chi connectivity index (χ2v) is 6.27. The molecular weight excluding hydrogens is 344 g/mol. The van der Waals surface area contributed by atoms with Gasteiger partial charge in [-0.25, -0.2) is 0 Å². The quantitative estimate of drug-likeness (QED) is 0.340. The Kier molecular flexibility index (Phi) is 6.28. The zero-order valence-electron chi connectivity index (χ0n) is 15.3. The monoisotopic (exact) mass is 364 g/mol. The van der Waals surface area contributed by atoms with Crippen LogP contribution in [0.3, 0.4) is 0 Å². The molecule has 0 saturated heterocycles. The Balaban J connectivity index is 2.22. The van der Waals surface area contributed by atoms with Crippen LogP contribution in [0.2, 0.25) is 0 Å². The highest BCUT2D eigenvalue weighted by atomic mass is 16.6. The number of hydrogen-bond donors (Lipinski definition) is 2. The van der Waals surface area contributed by atoms with E-state index in [2.05, 4.69) is 24.5 Å². The zero-order valence-corrected chi connectivity index (χ0v) is 15.3. The minimum Gasteiger partial charge on any atom is -0.360 e. The standard InChI is InChI=1S/C20H20N4O3/c1-13(2)18-9-4-6-14(3)19(18)22-12-15(11-21)20(25)23-16-7-5-8-17(10-16)24(26)27/h4-10,12-13,22H,1-3H3,(H,23,25)/b15-12-. The average Bonchev–Trinajstić information content (AvgIpc) is 2.63. The molecule has 0 fully saturated rings. The van der Waals surface area contributed by atoms with E-state index in [1.54, 1.807) is 0 Å². The van der Waals surface area contributed by atoms with Crippen molar-refractivity contribution in [2.45, 2.75) is 26.7 Å². The minimum absolute atomic E-state index is 0.139. The van der Waals surface area contributed by atoms with E-state index >= 15 is 0 Å². The average molecular weight is 364 g/mol. The fourth-order valence-corrected chi connectivity index (χ4v) is 2.56. The van der Waals surface area contributed by atoms with Crippen LogP contribution in [-0.4, -0.2) is 10.8 Å². The third-order valence-corrected chi connectivity index (χ3v) is 3.97. The van der Waals surface area contributed by atoms with Crippen LogP contribution >= 0.6 is 0 Å². The molecule has 0 aliphatic heterocycles. The second-order valence-electron chi connectivity index (χ2n) is 6.27. The lowest BCUT2D eigenvalue weighted by molar-refractivity contribution is -0.384. The minimum atomic E-state index is -0.648. The van der Waals surface area contributed by atoms with Gasteiger partial charge in [-0.3, -0.25) is 14.9 Å². The topological polar surface area (TPSA) is 108 Å². The summed E-state index contributed by atoms with van der Waals surface area (Å²) in [6, 6.07) is 13.3. The first kappa shape index (κ1) is 19.7. The number of nitrogens with zero attached hydrogens (tertiary/aromatic N) is 2. The number of carbonyl (C=O) groups is 1. The Morgan fingerprint density at radius 1 is 1.26 bits per heavy atom. The Morgan fingerprint density at radius 3 is 2.59 bits per heavy atom. The van der Waals surface area contributed by atoms with Crippen LogP contribution in [0.1, 0.15) is 30.9 Å². The molecule has 7 nitrogen and oxygen atoms in total. The molecule has 2 rings (SSSR count). The van der Waals surface area contributed by atoms with Crippen molar-refractivity contribution in [3.05, 3.63) is 75.5 Å². The van der Waals surface area contributed by atoms with Crippen molar-refractivity contribution in [3.63, 3.8) is 0 Å². The number of nitrogens with one attached hydrogen (secondary N) is 2. The fraction of sp³-hybridized carbons (Fsp3) is 0.200. The number of carbonyl (C=O) groups excluding carboxylic acids is 1. The number of rotatable bonds is 6. The van der Waals surface area contributed by atoms with Gasteiger partial charge in [0.25, 0.3) is 11.6 Å². The predicted molar refractivity (Wildman–Crippen MR) is 104 cm³/mol. The first-order chi connectivity index (χ1) is 12.8. The number of nitro groups is 1. The van der Waals surface area contributed by atoms with Crippen molar-refractivity contribution in [1.82, 2.24) is 0 Å². The van der Waals surface area contributed by atoms with Crippen LogP contribution in [0.4, 0.5) is 17.1 Å². The number of aryl methyl sites for hydroxylation is 1. The molecule has 2 aromatic carbocycles. The molecule has 0 bridgehead atoms. The van der Waals surface area contributed by atoms with E-state index < -0.39 is 10.8 Å². The summed E-state index contributed by atoms with van der Waals surface area (Å²) in [4.78, 5) is 22.6. The molecule has 2 N–H and O–H groups in total. The summed E-state index contributed by atoms with van der Waals surface area (Å²) >= 11 is 0. The summed E-state index contributed by atoms with van der Waals surface area (Å²) in [6.07, 6.45) is 1.35. The fourth-order valence-electron chi connectivity index (χ4n) is 2.56. The lowest BCUT2D eigenvalue weighted by Gasteiger charge is -2.15. The molecule has 0 aromatic heterocycles. The van der Waals surface area contributed by atoms with Gasteiger partial charge in [0, 0.05) is 29.7 Å². The van der Waals surface area contributed by atoms with Gasteiger partial charge in [0.1, 0.15) is 11.6 Å². The summed E-state index contributed by atoms with van der Waals surface area (Å²) in [5, 5.41) is 25.7. The summed E-state index contributed by atoms with van der Waals surface area (Å²) < 4.78 is 0. The number of nitriles is 1. The van der Waals surface area contributed by atoms with Crippen LogP contribution in [0.25, 0.3) is 0 Å². The Bertz CT molecular complexity index is 942. The van der Waals surface area contributed by atoms with Gasteiger partial charge >= 0.3 is 0 Å². The number of hydrogen-bond acceptors (Lipinski definition) is 5. The van der Waals surface area contributed by atoms with Gasteiger partial charge in [-0.1, -0.05) is 38.1 Å². The molecule has 0 spiro atoms. The number of non-ortho nitro benzene ring substituents is 1. The van der Waals surface area contributed by atoms with Crippen LogP contribution in [0.5, 0.6) is 0 Å². The first-order valence-corrected chi connectivity index (χ1v) is 8.35. The molecule has 2 aromatic rings. The number of anilines is 2. The van der Waals surface area contributed by atoms with Crippen LogP contribution in [-0.2, 0) is 4.79 Å². The van der Waals surface area contributed by atoms with Gasteiger partial charge in [0.15, 0.2) is 0 Å². The van der Waals surface area contributed by atoms with E-state index in [4.69, 9.17) is 0 Å². The van der Waals surface area contributed by atoms with Crippen molar-refractivity contribution in [2.24, 2.45) is 0 Å². The number of nitro benzene ring substituents is 1. The van der Waals surface area contributed by atoms with E-state index in [9.17, 15) is 20.2 Å². The third kappa shape index (κ3) is 4.92. The van der Waals surface area contributed by atoms with Crippen molar-refractivity contribution < 1.29 is 9.72 Å². The lowest BCUT2D eigenvalue weighted by atomic mass is 9.98.